The van der Waals surface area contributed by atoms with Crippen molar-refractivity contribution in [3.63, 3.8) is 0 Å². The third-order valence-corrected chi connectivity index (χ3v) is 5.93. The standard InChI is InChI=1S/C26H20ClNO5/c1-3-15-8-10-16(11-9-15)28-25(31)14(2)33-26(32)20-13-12-19-21(22(20)27)24(30)18-7-5-4-6-17(18)23(19)29/h4-14H,3H2,1-2H3,(H,28,31)/t14-/m0/s1. The summed E-state index contributed by atoms with van der Waals surface area (Å²) in [6.45, 7) is 3.47. The van der Waals surface area contributed by atoms with E-state index < -0.39 is 23.8 Å². The lowest BCUT2D eigenvalue weighted by molar-refractivity contribution is -0.123. The van der Waals surface area contributed by atoms with E-state index in [0.717, 1.165) is 12.0 Å². The number of ether oxygens (including phenoxy) is 1. The van der Waals surface area contributed by atoms with Crippen LogP contribution in [0, 0.1) is 0 Å². The first-order valence-electron chi connectivity index (χ1n) is 10.4. The number of aryl methyl sites for hydroxylation is 1. The third-order valence-electron chi connectivity index (χ3n) is 5.53. The lowest BCUT2D eigenvalue weighted by atomic mass is 9.83. The van der Waals surface area contributed by atoms with Crippen molar-refractivity contribution in [2.24, 2.45) is 0 Å². The topological polar surface area (TPSA) is 89.5 Å². The van der Waals surface area contributed by atoms with Gasteiger partial charge in [0.25, 0.3) is 5.91 Å². The average Bonchev–Trinajstić information content (AvgIpc) is 2.82. The van der Waals surface area contributed by atoms with Gasteiger partial charge in [-0.05, 0) is 43.2 Å². The highest BCUT2D eigenvalue weighted by Crippen LogP contribution is 2.34. The monoisotopic (exact) mass is 461 g/mol. The summed E-state index contributed by atoms with van der Waals surface area (Å²) < 4.78 is 5.29. The molecule has 0 fully saturated rings. The summed E-state index contributed by atoms with van der Waals surface area (Å²) in [5, 5.41) is 2.52. The van der Waals surface area contributed by atoms with E-state index in [0.29, 0.717) is 11.3 Å². The fourth-order valence-electron chi connectivity index (χ4n) is 3.65. The highest BCUT2D eigenvalue weighted by molar-refractivity contribution is 6.41. The normalized spacial score (nSPS) is 13.1. The molecule has 0 radical (unpaired) electrons. The molecule has 0 spiro atoms. The maximum absolute atomic E-state index is 13.0. The van der Waals surface area contributed by atoms with E-state index in [4.69, 9.17) is 16.3 Å². The van der Waals surface area contributed by atoms with Gasteiger partial charge in [-0.15, -0.1) is 0 Å². The number of hydrogen-bond donors (Lipinski definition) is 1. The molecule has 33 heavy (non-hydrogen) atoms. The molecule has 0 aromatic heterocycles. The summed E-state index contributed by atoms with van der Waals surface area (Å²) in [4.78, 5) is 51.0. The number of benzene rings is 3. The van der Waals surface area contributed by atoms with Crippen LogP contribution in [0.25, 0.3) is 0 Å². The van der Waals surface area contributed by atoms with Gasteiger partial charge in [-0.3, -0.25) is 14.4 Å². The molecule has 4 rings (SSSR count). The van der Waals surface area contributed by atoms with E-state index in [9.17, 15) is 19.2 Å². The van der Waals surface area contributed by atoms with Crippen LogP contribution in [0.2, 0.25) is 5.02 Å². The minimum atomic E-state index is -1.12. The Labute approximate surface area is 195 Å². The SMILES string of the molecule is CCc1ccc(NC(=O)[C@H](C)OC(=O)c2ccc3c(c2Cl)C(=O)c2ccccc2C3=O)cc1. The highest BCUT2D eigenvalue weighted by Gasteiger charge is 2.33. The van der Waals surface area contributed by atoms with Crippen LogP contribution in [0.15, 0.2) is 60.7 Å². The number of rotatable bonds is 5. The fourth-order valence-corrected chi connectivity index (χ4v) is 3.98. The second-order valence-corrected chi connectivity index (χ2v) is 8.02. The van der Waals surface area contributed by atoms with Crippen molar-refractivity contribution in [1.29, 1.82) is 0 Å². The van der Waals surface area contributed by atoms with Crippen LogP contribution in [-0.2, 0) is 16.0 Å². The Bertz CT molecular complexity index is 1300. The Morgan fingerprint density at radius 2 is 1.55 bits per heavy atom. The molecule has 0 saturated heterocycles. The van der Waals surface area contributed by atoms with Crippen molar-refractivity contribution in [3.05, 3.63) is 99.1 Å². The van der Waals surface area contributed by atoms with Crippen LogP contribution in [-0.4, -0.2) is 29.5 Å². The number of ketones is 2. The Hall–Kier alpha value is -3.77. The van der Waals surface area contributed by atoms with E-state index >= 15 is 0 Å². The molecule has 1 amide bonds. The highest BCUT2D eigenvalue weighted by atomic mass is 35.5. The molecule has 7 heteroatoms. The zero-order valence-electron chi connectivity index (χ0n) is 18.0. The van der Waals surface area contributed by atoms with Gasteiger partial charge in [-0.2, -0.15) is 0 Å². The van der Waals surface area contributed by atoms with Gasteiger partial charge in [0.05, 0.1) is 16.1 Å². The second kappa shape index (κ2) is 9.00. The number of esters is 1. The first-order valence-corrected chi connectivity index (χ1v) is 10.8. The molecule has 1 aliphatic carbocycles. The van der Waals surface area contributed by atoms with Crippen LogP contribution in [0.5, 0.6) is 0 Å². The van der Waals surface area contributed by atoms with Crippen LogP contribution < -0.4 is 5.32 Å². The minimum Gasteiger partial charge on any atom is -0.449 e. The van der Waals surface area contributed by atoms with Crippen LogP contribution in [0.1, 0.15) is 61.6 Å². The lowest BCUT2D eigenvalue weighted by Gasteiger charge is -2.20. The summed E-state index contributed by atoms with van der Waals surface area (Å²) in [6, 6.07) is 16.5. The maximum atomic E-state index is 13.0. The predicted octanol–water partition coefficient (Wildman–Crippen LogP) is 4.86. The number of halogens is 1. The molecule has 166 valence electrons. The molecular weight excluding hydrogens is 442 g/mol. The Morgan fingerprint density at radius 1 is 0.909 bits per heavy atom. The average molecular weight is 462 g/mol. The summed E-state index contributed by atoms with van der Waals surface area (Å²) in [7, 11) is 0. The van der Waals surface area contributed by atoms with E-state index in [1.807, 2.05) is 19.1 Å². The number of fused-ring (bicyclic) bond motifs is 2. The lowest BCUT2D eigenvalue weighted by Crippen LogP contribution is -2.30. The predicted molar refractivity (Wildman–Crippen MR) is 124 cm³/mol. The zero-order chi connectivity index (χ0) is 23.7. The molecule has 0 saturated carbocycles. The smallest absolute Gasteiger partial charge is 0.340 e. The molecule has 3 aromatic carbocycles. The van der Waals surface area contributed by atoms with Crippen molar-refractivity contribution >= 4 is 40.7 Å². The molecule has 0 aliphatic heterocycles. The van der Waals surface area contributed by atoms with Gasteiger partial charge in [0.2, 0.25) is 0 Å². The molecule has 0 bridgehead atoms. The van der Waals surface area contributed by atoms with Gasteiger partial charge < -0.3 is 10.1 Å². The summed E-state index contributed by atoms with van der Waals surface area (Å²) in [6.07, 6.45) is -0.239. The zero-order valence-corrected chi connectivity index (χ0v) is 18.7. The van der Waals surface area contributed by atoms with Crippen LogP contribution >= 0.6 is 11.6 Å². The molecule has 1 atom stereocenters. The second-order valence-electron chi connectivity index (χ2n) is 7.64. The number of hydrogen-bond acceptors (Lipinski definition) is 5. The van der Waals surface area contributed by atoms with E-state index in [1.165, 1.54) is 19.1 Å². The van der Waals surface area contributed by atoms with Crippen molar-refractivity contribution in [3.8, 4) is 0 Å². The summed E-state index contributed by atoms with van der Waals surface area (Å²) in [5.41, 5.74) is 2.22. The van der Waals surface area contributed by atoms with E-state index in [1.54, 1.807) is 36.4 Å². The van der Waals surface area contributed by atoms with Crippen LogP contribution in [0.4, 0.5) is 5.69 Å². The van der Waals surface area contributed by atoms with Crippen molar-refractivity contribution in [1.82, 2.24) is 0 Å². The van der Waals surface area contributed by atoms with E-state index in [-0.39, 0.29) is 33.1 Å². The Balaban J connectivity index is 1.53. The van der Waals surface area contributed by atoms with Gasteiger partial charge in [-0.1, -0.05) is 54.9 Å². The van der Waals surface area contributed by atoms with Gasteiger partial charge in [0, 0.05) is 22.4 Å². The molecule has 0 unspecified atom stereocenters. The largest absolute Gasteiger partial charge is 0.449 e. The third kappa shape index (κ3) is 4.17. The Morgan fingerprint density at radius 3 is 2.18 bits per heavy atom. The molecule has 1 N–H and O–H groups in total. The molecular formula is C26H20ClNO5. The fraction of sp³-hybridized carbons (Fsp3) is 0.154. The maximum Gasteiger partial charge on any atom is 0.340 e. The minimum absolute atomic E-state index is 0.0389. The van der Waals surface area contributed by atoms with Crippen molar-refractivity contribution in [2.45, 2.75) is 26.4 Å². The number of nitrogens with one attached hydrogen (secondary N) is 1. The number of carbonyl (C=O) groups is 4. The van der Waals surface area contributed by atoms with Crippen molar-refractivity contribution in [2.75, 3.05) is 5.32 Å². The summed E-state index contributed by atoms with van der Waals surface area (Å²) >= 11 is 6.40. The molecule has 3 aromatic rings. The van der Waals surface area contributed by atoms with Gasteiger partial charge in [0.15, 0.2) is 17.7 Å². The van der Waals surface area contributed by atoms with Gasteiger partial charge in [-0.25, -0.2) is 4.79 Å². The number of carbonyl (C=O) groups excluding carboxylic acids is 4. The first kappa shape index (κ1) is 22.4. The Kier molecular flexibility index (Phi) is 6.11. The van der Waals surface area contributed by atoms with Crippen molar-refractivity contribution < 1.29 is 23.9 Å². The summed E-state index contributed by atoms with van der Waals surface area (Å²) in [5.74, 6) is -2.17. The van der Waals surface area contributed by atoms with E-state index in [2.05, 4.69) is 5.32 Å². The van der Waals surface area contributed by atoms with Gasteiger partial charge >= 0.3 is 5.97 Å². The number of amides is 1. The van der Waals surface area contributed by atoms with Gasteiger partial charge in [0.1, 0.15) is 0 Å². The number of anilines is 1. The molecule has 0 heterocycles. The quantitative estimate of drug-likeness (QED) is 0.428. The first-order chi connectivity index (χ1) is 15.8. The molecule has 6 nitrogen and oxygen atoms in total. The van der Waals surface area contributed by atoms with Crippen LogP contribution in [0.3, 0.4) is 0 Å². The molecule has 1 aliphatic rings.